The number of carboxylic acid groups (broad SMARTS) is 1. The first-order valence-corrected chi connectivity index (χ1v) is 9.33. The van der Waals surface area contributed by atoms with Gasteiger partial charge in [-0.3, -0.25) is 19.0 Å². The minimum Gasteiger partial charge on any atom is -0.494 e. The molecule has 1 aromatic rings. The number of ether oxygens (including phenoxy) is 1. The number of nitrogens with zero attached hydrogens (tertiary/aromatic N) is 2. The van der Waals surface area contributed by atoms with Gasteiger partial charge in [-0.1, -0.05) is 25.0 Å². The number of carbonyl (C=O) groups excluding carboxylic acids is 1. The fourth-order valence-corrected chi connectivity index (χ4v) is 3.16. The van der Waals surface area contributed by atoms with Crippen LogP contribution in [0, 0.1) is 5.92 Å². The van der Waals surface area contributed by atoms with E-state index in [1.165, 1.54) is 7.11 Å². The maximum absolute atomic E-state index is 13.0. The van der Waals surface area contributed by atoms with Crippen LogP contribution in [-0.2, 0) is 16.1 Å². The van der Waals surface area contributed by atoms with Crippen molar-refractivity contribution in [3.63, 3.8) is 0 Å². The zero-order valence-electron chi connectivity index (χ0n) is 16.0. The third kappa shape index (κ3) is 4.48. The van der Waals surface area contributed by atoms with Crippen LogP contribution in [0.4, 0.5) is 0 Å². The zero-order chi connectivity index (χ0) is 21.1. The van der Waals surface area contributed by atoms with E-state index in [0.29, 0.717) is 18.8 Å². The van der Waals surface area contributed by atoms with Gasteiger partial charge in [-0.15, -0.1) is 0 Å². The predicted molar refractivity (Wildman–Crippen MR) is 103 cm³/mol. The Morgan fingerprint density at radius 2 is 2.03 bits per heavy atom. The summed E-state index contributed by atoms with van der Waals surface area (Å²) in [6.45, 7) is -0.580. The smallest absolute Gasteiger partial charge is 0.338 e. The number of allylic oxidation sites excluding steroid dienone is 2. The molecule has 156 valence electrons. The average molecular weight is 405 g/mol. The summed E-state index contributed by atoms with van der Waals surface area (Å²) in [5.41, 5.74) is -2.16. The van der Waals surface area contributed by atoms with E-state index in [1.54, 1.807) is 18.2 Å². The maximum atomic E-state index is 13.0. The van der Waals surface area contributed by atoms with E-state index in [-0.39, 0.29) is 18.3 Å². The second-order valence-electron chi connectivity index (χ2n) is 7.08. The van der Waals surface area contributed by atoms with Gasteiger partial charge in [-0.25, -0.2) is 9.36 Å². The molecule has 0 radical (unpaired) electrons. The van der Waals surface area contributed by atoms with Crippen LogP contribution >= 0.6 is 0 Å². The number of carboxylic acids is 1. The van der Waals surface area contributed by atoms with Crippen molar-refractivity contribution < 1.29 is 24.5 Å². The van der Waals surface area contributed by atoms with Crippen LogP contribution in [0.15, 0.2) is 27.8 Å². The van der Waals surface area contributed by atoms with Gasteiger partial charge in [0.1, 0.15) is 6.54 Å². The lowest BCUT2D eigenvalue weighted by Crippen LogP contribution is -2.44. The second-order valence-corrected chi connectivity index (χ2v) is 7.08. The fourth-order valence-electron chi connectivity index (χ4n) is 3.16. The van der Waals surface area contributed by atoms with Crippen molar-refractivity contribution in [1.29, 1.82) is 0 Å². The van der Waals surface area contributed by atoms with Crippen LogP contribution < -0.4 is 16.6 Å². The lowest BCUT2D eigenvalue weighted by atomic mass is 10.1. The molecule has 0 bridgehead atoms. The summed E-state index contributed by atoms with van der Waals surface area (Å²) < 4.78 is 7.02. The molecule has 3 N–H and O–H groups in total. The molecule has 1 atom stereocenters. The lowest BCUT2D eigenvalue weighted by Gasteiger charge is -2.19. The van der Waals surface area contributed by atoms with Gasteiger partial charge in [0.25, 0.3) is 11.5 Å². The number of methoxy groups -OCH3 is 1. The molecule has 3 rings (SSSR count). The first-order valence-electron chi connectivity index (χ1n) is 9.33. The third-order valence-electron chi connectivity index (χ3n) is 5.01. The van der Waals surface area contributed by atoms with Crippen molar-refractivity contribution in [3.8, 4) is 5.88 Å². The highest BCUT2D eigenvalue weighted by Gasteiger charge is 2.28. The fraction of sp³-hybridized carbons (Fsp3) is 0.474. The molecule has 0 saturated heterocycles. The molecular weight excluding hydrogens is 382 g/mol. The van der Waals surface area contributed by atoms with Crippen LogP contribution in [0.5, 0.6) is 5.88 Å². The number of rotatable bonds is 8. The van der Waals surface area contributed by atoms with E-state index >= 15 is 0 Å². The first-order chi connectivity index (χ1) is 13.8. The van der Waals surface area contributed by atoms with Gasteiger partial charge < -0.3 is 20.3 Å². The Morgan fingerprint density at radius 3 is 2.59 bits per heavy atom. The molecule has 10 nitrogen and oxygen atoms in total. The molecule has 1 fully saturated rings. The van der Waals surface area contributed by atoms with E-state index < -0.39 is 41.1 Å². The normalized spacial score (nSPS) is 18.4. The molecule has 0 spiro atoms. The van der Waals surface area contributed by atoms with Gasteiger partial charge in [0, 0.05) is 19.4 Å². The summed E-state index contributed by atoms with van der Waals surface area (Å²) in [5.74, 6) is -2.67. The highest BCUT2D eigenvalue weighted by molar-refractivity contribution is 5.97. The zero-order valence-corrected chi connectivity index (χ0v) is 16.0. The molecule has 1 saturated carbocycles. The number of aromatic hydroxyl groups is 1. The number of aromatic nitrogens is 2. The number of hydrogen-bond acceptors (Lipinski definition) is 6. The van der Waals surface area contributed by atoms with Crippen LogP contribution in [0.1, 0.15) is 36.0 Å². The lowest BCUT2D eigenvalue weighted by molar-refractivity contribution is -0.135. The van der Waals surface area contributed by atoms with E-state index in [0.717, 1.165) is 22.0 Å². The van der Waals surface area contributed by atoms with Crippen molar-refractivity contribution in [3.05, 3.63) is 44.6 Å². The van der Waals surface area contributed by atoms with Crippen molar-refractivity contribution in [1.82, 2.24) is 14.5 Å². The standard InChI is InChI=1S/C19H23N3O7/c1-29-13-6-4-12(5-7-13)22-18(27)15(16(25)20-10-14(23)24)17(26)21(19(22)28)9-8-11-2-3-11/h4-6,11,13,26H,2-3,7-10H2,1H3,(H,20,25)(H,23,24). The Labute approximate surface area is 165 Å². The predicted octanol–water partition coefficient (Wildman–Crippen LogP) is 0.146. The molecule has 0 aliphatic heterocycles. The van der Waals surface area contributed by atoms with Crippen LogP contribution in [-0.4, -0.2) is 51.0 Å². The van der Waals surface area contributed by atoms with Crippen LogP contribution in [0.2, 0.25) is 0 Å². The summed E-state index contributed by atoms with van der Waals surface area (Å²) in [6, 6.07) is 0. The molecule has 2 aliphatic carbocycles. The van der Waals surface area contributed by atoms with Crippen molar-refractivity contribution >= 4 is 17.6 Å². The number of amides is 1. The van der Waals surface area contributed by atoms with E-state index in [2.05, 4.69) is 5.32 Å². The Bertz CT molecular complexity index is 998. The summed E-state index contributed by atoms with van der Waals surface area (Å²) in [5, 5.41) is 21.3. The van der Waals surface area contributed by atoms with Gasteiger partial charge in [-0.2, -0.15) is 0 Å². The van der Waals surface area contributed by atoms with Gasteiger partial charge in [-0.05, 0) is 24.8 Å². The molecule has 0 aromatic carbocycles. The van der Waals surface area contributed by atoms with Crippen LogP contribution in [0.3, 0.4) is 0 Å². The monoisotopic (exact) mass is 405 g/mol. The molecule has 1 aromatic heterocycles. The average Bonchev–Trinajstić information content (AvgIpc) is 3.51. The molecule has 1 amide bonds. The Kier molecular flexibility index (Phi) is 6.02. The Morgan fingerprint density at radius 1 is 1.31 bits per heavy atom. The number of carbonyl (C=O) groups is 2. The first kappa shape index (κ1) is 20.6. The molecule has 1 heterocycles. The van der Waals surface area contributed by atoms with E-state index in [9.17, 15) is 24.3 Å². The molecule has 29 heavy (non-hydrogen) atoms. The number of hydrogen-bond donors (Lipinski definition) is 3. The summed E-state index contributed by atoms with van der Waals surface area (Å²) in [7, 11) is 1.54. The number of aliphatic carboxylic acids is 1. The number of nitrogens with one attached hydrogen (secondary N) is 1. The highest BCUT2D eigenvalue weighted by Crippen LogP contribution is 2.33. The topological polar surface area (TPSA) is 140 Å². The summed E-state index contributed by atoms with van der Waals surface area (Å²) >= 11 is 0. The van der Waals surface area contributed by atoms with E-state index in [4.69, 9.17) is 9.84 Å². The third-order valence-corrected chi connectivity index (χ3v) is 5.01. The van der Waals surface area contributed by atoms with Gasteiger partial charge in [0.2, 0.25) is 5.88 Å². The second kappa shape index (κ2) is 8.48. The van der Waals surface area contributed by atoms with Gasteiger partial charge in [0.15, 0.2) is 5.56 Å². The molecule has 2 aliphatic rings. The highest BCUT2D eigenvalue weighted by atomic mass is 16.5. The SMILES string of the molecule is COC1C=CC(n2c(=O)c(C(=O)NCC(=O)O)c(O)n(CCC3CC3)c2=O)=CC1. The quantitative estimate of drug-likeness (QED) is 0.559. The summed E-state index contributed by atoms with van der Waals surface area (Å²) in [6.07, 6.45) is 7.80. The molecule has 1 unspecified atom stereocenters. The minimum absolute atomic E-state index is 0.145. The summed E-state index contributed by atoms with van der Waals surface area (Å²) in [4.78, 5) is 49.0. The largest absolute Gasteiger partial charge is 0.494 e. The maximum Gasteiger partial charge on any atom is 0.338 e. The molecular formula is C19H23N3O7. The van der Waals surface area contributed by atoms with Crippen molar-refractivity contribution in [2.45, 2.75) is 38.3 Å². The molecule has 10 heteroatoms. The Balaban J connectivity index is 2.08. The van der Waals surface area contributed by atoms with Gasteiger partial charge in [0.05, 0.1) is 6.10 Å². The van der Waals surface area contributed by atoms with Gasteiger partial charge >= 0.3 is 11.7 Å². The van der Waals surface area contributed by atoms with Crippen molar-refractivity contribution in [2.24, 2.45) is 5.92 Å². The van der Waals surface area contributed by atoms with E-state index in [1.807, 2.05) is 0 Å². The Hall–Kier alpha value is -3.14. The van der Waals surface area contributed by atoms with Crippen molar-refractivity contribution in [2.75, 3.05) is 13.7 Å². The van der Waals surface area contributed by atoms with Crippen LogP contribution in [0.25, 0.3) is 5.70 Å². The minimum atomic E-state index is -1.30.